The van der Waals surface area contributed by atoms with E-state index in [1.807, 2.05) is 27.7 Å². The molecule has 1 N–H and O–H groups in total. The lowest BCUT2D eigenvalue weighted by molar-refractivity contribution is -0.129. The third-order valence-electron chi connectivity index (χ3n) is 2.03. The Hall–Kier alpha value is -1.26. The number of nitrogens with one attached hydrogen (secondary N) is 1. The molecule has 1 rings (SSSR count). The smallest absolute Gasteiger partial charge is 0.407 e. The highest BCUT2D eigenvalue weighted by Crippen LogP contribution is 2.06. The summed E-state index contributed by atoms with van der Waals surface area (Å²) >= 11 is 0. The van der Waals surface area contributed by atoms with E-state index in [4.69, 9.17) is 0 Å². The van der Waals surface area contributed by atoms with Gasteiger partial charge in [-0.25, -0.2) is 4.79 Å². The molecular weight excluding hydrogens is 256 g/mol. The summed E-state index contributed by atoms with van der Waals surface area (Å²) in [5.41, 5.74) is 0. The first-order chi connectivity index (χ1) is 9.65. The number of alkyl carbamates (subject to hydrolysis) is 1. The highest BCUT2D eigenvalue weighted by molar-refractivity contribution is 5.82. The normalized spacial score (nSPS) is 11.7. The van der Waals surface area contributed by atoms with Gasteiger partial charge in [0.05, 0.1) is 7.11 Å². The second-order valence-electron chi connectivity index (χ2n) is 3.64. The second-order valence-corrected chi connectivity index (χ2v) is 3.64. The number of nitrogens with zero attached hydrogens (tertiary/aromatic N) is 1. The van der Waals surface area contributed by atoms with Crippen molar-refractivity contribution in [1.29, 1.82) is 0 Å². The van der Waals surface area contributed by atoms with Crippen LogP contribution in [0, 0.1) is 0 Å². The van der Waals surface area contributed by atoms with Gasteiger partial charge in [-0.1, -0.05) is 48.0 Å². The summed E-state index contributed by atoms with van der Waals surface area (Å²) in [5.74, 6) is -0.0390. The van der Waals surface area contributed by atoms with Crippen molar-refractivity contribution >= 4 is 12.0 Å². The molecule has 0 aliphatic carbocycles. The second kappa shape index (κ2) is 20.1. The molecule has 0 aromatic carbocycles. The van der Waals surface area contributed by atoms with Gasteiger partial charge < -0.3 is 15.0 Å². The summed E-state index contributed by atoms with van der Waals surface area (Å²) in [7, 11) is 1.27. The molecule has 0 aromatic rings. The first kappa shape index (κ1) is 23.8. The van der Waals surface area contributed by atoms with Crippen molar-refractivity contribution in [2.45, 2.75) is 60.8 Å². The van der Waals surface area contributed by atoms with Gasteiger partial charge in [0.25, 0.3) is 0 Å². The summed E-state index contributed by atoms with van der Waals surface area (Å²) in [5, 5.41) is 2.36. The number of likely N-dealkylation sites (tertiary alicyclic amines) is 1. The number of rotatable bonds is 2. The van der Waals surface area contributed by atoms with Crippen LogP contribution in [0.5, 0.6) is 0 Å². The van der Waals surface area contributed by atoms with Crippen molar-refractivity contribution in [2.75, 3.05) is 26.7 Å². The first-order valence-electron chi connectivity index (χ1n) is 7.75. The van der Waals surface area contributed by atoms with Crippen LogP contribution in [0.2, 0.25) is 0 Å². The molecule has 1 heterocycles. The van der Waals surface area contributed by atoms with Gasteiger partial charge in [-0.15, -0.1) is 0 Å². The summed E-state index contributed by atoms with van der Waals surface area (Å²) in [4.78, 5) is 23.7. The molecule has 0 bridgehead atoms. The van der Waals surface area contributed by atoms with Crippen LogP contribution >= 0.6 is 0 Å². The standard InChI is InChI=1S/C8H14N2O3.C3H8.2C2H6/c1-13-8(12)9-6-7(11)10-4-2-3-5-10;1-3-2;2*1-2/h2-6H2,1H3,(H,9,12);3H2,1-2H3;2*1-2H3. The van der Waals surface area contributed by atoms with Crippen molar-refractivity contribution < 1.29 is 14.3 Å². The minimum Gasteiger partial charge on any atom is -0.453 e. The molecule has 1 fully saturated rings. The lowest BCUT2D eigenvalue weighted by Gasteiger charge is -2.14. The minimum atomic E-state index is -0.562. The molecule has 0 atom stereocenters. The molecule has 1 saturated heterocycles. The number of hydrogen-bond donors (Lipinski definition) is 1. The fourth-order valence-electron chi connectivity index (χ4n) is 1.30. The number of carbonyl (C=O) groups is 2. The van der Waals surface area contributed by atoms with E-state index in [0.717, 1.165) is 25.9 Å². The molecule has 0 saturated carbocycles. The molecule has 0 radical (unpaired) electrons. The highest BCUT2D eigenvalue weighted by atomic mass is 16.5. The largest absolute Gasteiger partial charge is 0.453 e. The number of amides is 2. The summed E-state index contributed by atoms with van der Waals surface area (Å²) < 4.78 is 4.34. The molecule has 0 aromatic heterocycles. The maximum atomic E-state index is 11.3. The molecule has 5 heteroatoms. The highest BCUT2D eigenvalue weighted by Gasteiger charge is 2.17. The van der Waals surface area contributed by atoms with Crippen molar-refractivity contribution in [2.24, 2.45) is 0 Å². The van der Waals surface area contributed by atoms with Gasteiger partial charge in [0.2, 0.25) is 5.91 Å². The van der Waals surface area contributed by atoms with Gasteiger partial charge in [-0.3, -0.25) is 4.79 Å². The Bertz CT molecular complexity index is 215. The number of carbonyl (C=O) groups excluding carboxylic acids is 2. The van der Waals surface area contributed by atoms with Crippen LogP contribution in [0.4, 0.5) is 4.79 Å². The fraction of sp³-hybridized carbons (Fsp3) is 0.867. The zero-order chi connectivity index (χ0) is 16.4. The van der Waals surface area contributed by atoms with Crippen LogP contribution in [0.1, 0.15) is 60.8 Å². The van der Waals surface area contributed by atoms with E-state index < -0.39 is 6.09 Å². The minimum absolute atomic E-state index is 0.0344. The number of ether oxygens (including phenoxy) is 1. The first-order valence-corrected chi connectivity index (χ1v) is 7.75. The molecule has 2 amide bonds. The molecule has 0 unspecified atom stereocenters. The molecular formula is C15H34N2O3. The maximum absolute atomic E-state index is 11.3. The molecule has 5 nitrogen and oxygen atoms in total. The molecule has 122 valence electrons. The van der Waals surface area contributed by atoms with E-state index >= 15 is 0 Å². The van der Waals surface area contributed by atoms with E-state index in [-0.39, 0.29) is 12.5 Å². The monoisotopic (exact) mass is 290 g/mol. The van der Waals surface area contributed by atoms with Gasteiger partial charge >= 0.3 is 6.09 Å². The Morgan fingerprint density at radius 3 is 1.80 bits per heavy atom. The van der Waals surface area contributed by atoms with E-state index in [0.29, 0.717) is 0 Å². The van der Waals surface area contributed by atoms with Crippen LogP contribution in [0.15, 0.2) is 0 Å². The van der Waals surface area contributed by atoms with Crippen molar-refractivity contribution in [3.63, 3.8) is 0 Å². The van der Waals surface area contributed by atoms with Crippen LogP contribution < -0.4 is 5.32 Å². The molecule has 0 spiro atoms. The molecule has 1 aliphatic heterocycles. The predicted molar refractivity (Wildman–Crippen MR) is 84.9 cm³/mol. The van der Waals surface area contributed by atoms with Gasteiger partial charge in [0.15, 0.2) is 0 Å². The van der Waals surface area contributed by atoms with Crippen LogP contribution in [0.25, 0.3) is 0 Å². The van der Waals surface area contributed by atoms with Crippen molar-refractivity contribution in [3.05, 3.63) is 0 Å². The number of methoxy groups -OCH3 is 1. The third kappa shape index (κ3) is 14.8. The van der Waals surface area contributed by atoms with E-state index in [1.165, 1.54) is 13.5 Å². The van der Waals surface area contributed by atoms with Gasteiger partial charge in [0.1, 0.15) is 6.54 Å². The summed E-state index contributed by atoms with van der Waals surface area (Å²) in [6.45, 7) is 13.9. The average molecular weight is 290 g/mol. The Kier molecular flexibility index (Phi) is 23.9. The van der Waals surface area contributed by atoms with E-state index in [1.54, 1.807) is 4.90 Å². The van der Waals surface area contributed by atoms with Crippen LogP contribution in [0.3, 0.4) is 0 Å². The van der Waals surface area contributed by atoms with E-state index in [2.05, 4.69) is 23.9 Å². The number of hydrogen-bond acceptors (Lipinski definition) is 3. The Balaban J connectivity index is -0.000000355. The summed E-state index contributed by atoms with van der Waals surface area (Å²) in [6.07, 6.45) is 2.81. The Morgan fingerprint density at radius 2 is 1.45 bits per heavy atom. The van der Waals surface area contributed by atoms with Gasteiger partial charge in [-0.05, 0) is 12.8 Å². The van der Waals surface area contributed by atoms with Crippen LogP contribution in [-0.2, 0) is 9.53 Å². The lowest BCUT2D eigenvalue weighted by Crippen LogP contribution is -2.38. The van der Waals surface area contributed by atoms with Gasteiger partial charge in [0, 0.05) is 13.1 Å². The maximum Gasteiger partial charge on any atom is 0.407 e. The average Bonchev–Trinajstić information content (AvgIpc) is 3.03. The summed E-state index contributed by atoms with van der Waals surface area (Å²) in [6, 6.07) is 0. The molecule has 1 aliphatic rings. The Labute approximate surface area is 125 Å². The fourth-order valence-corrected chi connectivity index (χ4v) is 1.30. The van der Waals surface area contributed by atoms with Crippen LogP contribution in [-0.4, -0.2) is 43.6 Å². The van der Waals surface area contributed by atoms with Gasteiger partial charge in [-0.2, -0.15) is 0 Å². The Morgan fingerprint density at radius 1 is 1.05 bits per heavy atom. The van der Waals surface area contributed by atoms with Crippen molar-refractivity contribution in [3.8, 4) is 0 Å². The third-order valence-corrected chi connectivity index (χ3v) is 2.03. The zero-order valence-corrected chi connectivity index (χ0v) is 14.4. The topological polar surface area (TPSA) is 58.6 Å². The zero-order valence-electron chi connectivity index (χ0n) is 14.4. The predicted octanol–water partition coefficient (Wildman–Crippen LogP) is 3.43. The van der Waals surface area contributed by atoms with E-state index in [9.17, 15) is 9.59 Å². The lowest BCUT2D eigenvalue weighted by atomic mass is 10.4. The van der Waals surface area contributed by atoms with Crippen molar-refractivity contribution in [1.82, 2.24) is 10.2 Å². The molecule has 20 heavy (non-hydrogen) atoms. The quantitative estimate of drug-likeness (QED) is 0.847. The SMILES string of the molecule is CC.CC.CCC.COC(=O)NCC(=O)N1CCCC1.